The maximum Gasteiger partial charge on any atom is 0.303 e. The Hall–Kier alpha value is -1.06. The Morgan fingerprint density at radius 3 is 2.39 bits per heavy atom. The van der Waals surface area contributed by atoms with Gasteiger partial charge in [-0.3, -0.25) is 9.59 Å². The molecule has 0 bridgehead atoms. The second-order valence-corrected chi connectivity index (χ2v) is 7.36. The van der Waals surface area contributed by atoms with Crippen LogP contribution in [-0.2, 0) is 9.59 Å². The summed E-state index contributed by atoms with van der Waals surface area (Å²) in [5, 5.41) is 12.2. The first-order valence-electron chi connectivity index (χ1n) is 9.50. The summed E-state index contributed by atoms with van der Waals surface area (Å²) in [4.78, 5) is 23.3. The molecule has 0 aliphatic heterocycles. The Labute approximate surface area is 141 Å². The average Bonchev–Trinajstić information content (AvgIpc) is 2.53. The third-order valence-corrected chi connectivity index (χ3v) is 5.42. The van der Waals surface area contributed by atoms with Crippen LogP contribution in [0.25, 0.3) is 0 Å². The van der Waals surface area contributed by atoms with Crippen LogP contribution in [0.1, 0.15) is 90.9 Å². The van der Waals surface area contributed by atoms with Gasteiger partial charge in [0.2, 0.25) is 5.91 Å². The molecule has 0 saturated heterocycles. The van der Waals surface area contributed by atoms with Crippen molar-refractivity contribution < 1.29 is 14.7 Å². The van der Waals surface area contributed by atoms with E-state index in [2.05, 4.69) is 19.2 Å². The number of carboxylic acids is 1. The Morgan fingerprint density at radius 2 is 1.83 bits per heavy atom. The molecule has 4 nitrogen and oxygen atoms in total. The van der Waals surface area contributed by atoms with Crippen molar-refractivity contribution in [2.45, 2.75) is 90.9 Å². The minimum atomic E-state index is -0.744. The molecular formula is C19H35NO3. The van der Waals surface area contributed by atoms with Crippen LogP contribution in [0, 0.1) is 11.3 Å². The van der Waals surface area contributed by atoms with Gasteiger partial charge >= 0.3 is 5.97 Å². The molecule has 0 spiro atoms. The van der Waals surface area contributed by atoms with Crippen LogP contribution in [0.15, 0.2) is 0 Å². The van der Waals surface area contributed by atoms with E-state index < -0.39 is 5.97 Å². The first-order valence-corrected chi connectivity index (χ1v) is 9.50. The second-order valence-electron chi connectivity index (χ2n) is 7.36. The van der Waals surface area contributed by atoms with Gasteiger partial charge in [-0.2, -0.15) is 0 Å². The van der Waals surface area contributed by atoms with E-state index in [9.17, 15) is 14.7 Å². The molecule has 23 heavy (non-hydrogen) atoms. The number of amides is 1. The lowest BCUT2D eigenvalue weighted by atomic mass is 9.71. The van der Waals surface area contributed by atoms with E-state index >= 15 is 0 Å². The molecule has 0 radical (unpaired) electrons. The third kappa shape index (κ3) is 7.85. The minimum absolute atomic E-state index is 0.0929. The van der Waals surface area contributed by atoms with Crippen LogP contribution >= 0.6 is 0 Å². The van der Waals surface area contributed by atoms with Gasteiger partial charge in [0.05, 0.1) is 6.42 Å². The molecular weight excluding hydrogens is 290 g/mol. The van der Waals surface area contributed by atoms with Crippen molar-refractivity contribution in [1.29, 1.82) is 0 Å². The molecule has 0 aromatic carbocycles. The number of unbranched alkanes of at least 4 members (excludes halogenated alkanes) is 1. The number of carbonyl (C=O) groups excluding carboxylic acids is 1. The smallest absolute Gasteiger partial charge is 0.303 e. The largest absolute Gasteiger partial charge is 0.481 e. The van der Waals surface area contributed by atoms with Crippen LogP contribution in [0.5, 0.6) is 0 Å². The maximum atomic E-state index is 12.1. The lowest BCUT2D eigenvalue weighted by Crippen LogP contribution is -2.40. The normalized spacial score (nSPS) is 18.3. The predicted molar refractivity (Wildman–Crippen MR) is 93.3 cm³/mol. The molecule has 0 aromatic rings. The highest BCUT2D eigenvalue weighted by atomic mass is 16.4. The van der Waals surface area contributed by atoms with Crippen LogP contribution in [0.4, 0.5) is 0 Å². The van der Waals surface area contributed by atoms with Crippen LogP contribution in [0.2, 0.25) is 0 Å². The van der Waals surface area contributed by atoms with Gasteiger partial charge in [0.15, 0.2) is 0 Å². The predicted octanol–water partition coefficient (Wildman–Crippen LogP) is 4.52. The summed E-state index contributed by atoms with van der Waals surface area (Å²) < 4.78 is 0. The summed E-state index contributed by atoms with van der Waals surface area (Å²) in [6.07, 6.45) is 11.7. The number of hydrogen-bond acceptors (Lipinski definition) is 2. The standard InChI is InChI=1S/C19H35NO3/c1-3-5-9-16(4-2)10-11-17(21)20-15-19(14-18(22)23)12-7-6-8-13-19/h16H,3-15H2,1-2H3,(H,20,21)(H,22,23). The molecule has 1 saturated carbocycles. The van der Waals surface area contributed by atoms with E-state index in [4.69, 9.17) is 0 Å². The van der Waals surface area contributed by atoms with Gasteiger partial charge in [-0.1, -0.05) is 58.8 Å². The van der Waals surface area contributed by atoms with Crippen LogP contribution in [0.3, 0.4) is 0 Å². The molecule has 1 atom stereocenters. The van der Waals surface area contributed by atoms with E-state index in [1.165, 1.54) is 25.7 Å². The average molecular weight is 325 g/mol. The van der Waals surface area contributed by atoms with Crippen molar-refractivity contribution in [2.24, 2.45) is 11.3 Å². The zero-order chi connectivity index (χ0) is 17.1. The van der Waals surface area contributed by atoms with Gasteiger partial charge in [-0.05, 0) is 30.6 Å². The summed E-state index contributed by atoms with van der Waals surface area (Å²) in [5.41, 5.74) is -0.216. The summed E-state index contributed by atoms with van der Waals surface area (Å²) in [5.74, 6) is -0.00888. The van der Waals surface area contributed by atoms with Crippen molar-refractivity contribution in [3.05, 3.63) is 0 Å². The van der Waals surface area contributed by atoms with E-state index in [-0.39, 0.29) is 17.7 Å². The molecule has 134 valence electrons. The van der Waals surface area contributed by atoms with E-state index in [0.717, 1.165) is 38.5 Å². The lowest BCUT2D eigenvalue weighted by molar-refractivity contribution is -0.140. The highest BCUT2D eigenvalue weighted by Gasteiger charge is 2.34. The lowest BCUT2D eigenvalue weighted by Gasteiger charge is -2.36. The van der Waals surface area contributed by atoms with Gasteiger partial charge in [0, 0.05) is 13.0 Å². The topological polar surface area (TPSA) is 66.4 Å². The molecule has 2 N–H and O–H groups in total. The molecule has 1 aliphatic rings. The zero-order valence-electron chi connectivity index (χ0n) is 15.0. The Bertz CT molecular complexity index is 362. The number of nitrogens with one attached hydrogen (secondary N) is 1. The SMILES string of the molecule is CCCCC(CC)CCC(=O)NCC1(CC(=O)O)CCCCC1. The monoisotopic (exact) mass is 325 g/mol. The number of hydrogen-bond donors (Lipinski definition) is 2. The third-order valence-electron chi connectivity index (χ3n) is 5.42. The summed E-state index contributed by atoms with van der Waals surface area (Å²) in [6, 6.07) is 0. The quantitative estimate of drug-likeness (QED) is 0.587. The van der Waals surface area contributed by atoms with Crippen LogP contribution in [-0.4, -0.2) is 23.5 Å². The summed E-state index contributed by atoms with van der Waals surface area (Å²) in [7, 11) is 0. The molecule has 0 heterocycles. The maximum absolute atomic E-state index is 12.1. The molecule has 0 aromatic heterocycles. The fourth-order valence-electron chi connectivity index (χ4n) is 3.79. The van der Waals surface area contributed by atoms with Gasteiger partial charge in [-0.25, -0.2) is 0 Å². The fourth-order valence-corrected chi connectivity index (χ4v) is 3.79. The fraction of sp³-hybridized carbons (Fsp3) is 0.895. The van der Waals surface area contributed by atoms with Gasteiger partial charge in [0.1, 0.15) is 0 Å². The van der Waals surface area contributed by atoms with Crippen LogP contribution < -0.4 is 5.32 Å². The Kier molecular flexibility index (Phi) is 9.27. The number of carboxylic acid groups (broad SMARTS) is 1. The Balaban J connectivity index is 2.38. The number of carbonyl (C=O) groups is 2. The molecule has 1 fully saturated rings. The van der Waals surface area contributed by atoms with Crippen molar-refractivity contribution in [3.8, 4) is 0 Å². The Morgan fingerprint density at radius 1 is 1.13 bits per heavy atom. The highest BCUT2D eigenvalue weighted by molar-refractivity contribution is 5.76. The molecule has 1 rings (SSSR count). The second kappa shape index (κ2) is 10.7. The van der Waals surface area contributed by atoms with Crippen molar-refractivity contribution in [1.82, 2.24) is 5.32 Å². The highest BCUT2D eigenvalue weighted by Crippen LogP contribution is 2.38. The number of aliphatic carboxylic acids is 1. The molecule has 4 heteroatoms. The van der Waals surface area contributed by atoms with Crippen molar-refractivity contribution in [3.63, 3.8) is 0 Å². The molecule has 1 amide bonds. The number of rotatable bonds is 11. The van der Waals surface area contributed by atoms with Crippen molar-refractivity contribution >= 4 is 11.9 Å². The summed E-state index contributed by atoms with van der Waals surface area (Å²) in [6.45, 7) is 4.93. The van der Waals surface area contributed by atoms with Gasteiger partial charge in [0.25, 0.3) is 0 Å². The first kappa shape index (κ1) is 20.0. The zero-order valence-corrected chi connectivity index (χ0v) is 15.0. The summed E-state index contributed by atoms with van der Waals surface area (Å²) >= 11 is 0. The molecule has 1 aliphatic carbocycles. The van der Waals surface area contributed by atoms with Crippen molar-refractivity contribution in [2.75, 3.05) is 6.54 Å². The minimum Gasteiger partial charge on any atom is -0.481 e. The van der Waals surface area contributed by atoms with E-state index in [0.29, 0.717) is 18.9 Å². The molecule has 1 unspecified atom stereocenters. The first-order chi connectivity index (χ1) is 11.0. The van der Waals surface area contributed by atoms with Gasteiger partial charge in [-0.15, -0.1) is 0 Å². The van der Waals surface area contributed by atoms with Gasteiger partial charge < -0.3 is 10.4 Å². The van der Waals surface area contributed by atoms with E-state index in [1.54, 1.807) is 0 Å². The van der Waals surface area contributed by atoms with E-state index in [1.807, 2.05) is 0 Å².